The number of aromatic nitrogens is 2. The van der Waals surface area contributed by atoms with Crippen molar-refractivity contribution in [3.63, 3.8) is 0 Å². The van der Waals surface area contributed by atoms with Gasteiger partial charge >= 0.3 is 0 Å². The normalized spacial score (nSPS) is 9.48. The first-order chi connectivity index (χ1) is 10.9. The molecule has 0 atom stereocenters. The molecule has 5 N–H and O–H groups in total. The van der Waals surface area contributed by atoms with Crippen LogP contribution in [0.4, 0.5) is 5.82 Å². The molecule has 0 unspecified atom stereocenters. The van der Waals surface area contributed by atoms with Crippen molar-refractivity contribution in [2.75, 3.05) is 0 Å². The van der Waals surface area contributed by atoms with Gasteiger partial charge in [0.2, 0.25) is 0 Å². The molecule has 7 nitrogen and oxygen atoms in total. The largest absolute Gasteiger partial charge is 0.405 e. The topological polar surface area (TPSA) is 123 Å². The quantitative estimate of drug-likeness (QED) is 0.454. The Morgan fingerprint density at radius 3 is 2.30 bits per heavy atom. The SMILES string of the molecule is C=CN.C=Nc1c(C(=N)N)c(-c2ccc(C(C)=O)cc2)nn1C. The molecule has 2 rings (SSSR count). The number of nitrogens with zero attached hydrogens (tertiary/aromatic N) is 3. The number of hydrogen-bond acceptors (Lipinski definition) is 5. The Morgan fingerprint density at radius 1 is 1.39 bits per heavy atom. The van der Waals surface area contributed by atoms with Crippen molar-refractivity contribution in [1.29, 1.82) is 5.41 Å². The molecule has 120 valence electrons. The van der Waals surface area contributed by atoms with Gasteiger partial charge in [0.15, 0.2) is 11.6 Å². The highest BCUT2D eigenvalue weighted by Gasteiger charge is 2.19. The van der Waals surface area contributed by atoms with E-state index in [1.165, 1.54) is 17.8 Å². The number of nitrogens with two attached hydrogens (primary N) is 2. The van der Waals surface area contributed by atoms with Gasteiger partial charge in [-0.25, -0.2) is 9.67 Å². The monoisotopic (exact) mass is 312 g/mol. The lowest BCUT2D eigenvalue weighted by Crippen LogP contribution is -2.11. The number of ketones is 1. The van der Waals surface area contributed by atoms with Gasteiger partial charge in [-0.1, -0.05) is 30.8 Å². The van der Waals surface area contributed by atoms with E-state index in [9.17, 15) is 4.79 Å². The summed E-state index contributed by atoms with van der Waals surface area (Å²) in [6, 6.07) is 6.99. The molecule has 7 heteroatoms. The third-order valence-electron chi connectivity index (χ3n) is 3.00. The third-order valence-corrected chi connectivity index (χ3v) is 3.00. The Morgan fingerprint density at radius 2 is 1.91 bits per heavy atom. The van der Waals surface area contributed by atoms with Crippen LogP contribution in [0.5, 0.6) is 0 Å². The Bertz CT molecular complexity index is 743. The van der Waals surface area contributed by atoms with E-state index in [-0.39, 0.29) is 11.6 Å². The summed E-state index contributed by atoms with van der Waals surface area (Å²) in [5.74, 6) is 0.326. The van der Waals surface area contributed by atoms with Crippen LogP contribution < -0.4 is 11.5 Å². The number of Topliss-reactive ketones (excluding diaryl/α,β-unsaturated/α-hetero) is 1. The molecular weight excluding hydrogens is 292 g/mol. The van der Waals surface area contributed by atoms with E-state index in [0.717, 1.165) is 5.56 Å². The standard InChI is InChI=1S/C14H15N5O.C2H5N/c1-8(20)9-4-6-10(7-5-9)12-11(13(15)16)14(17-2)19(3)18-12;1-2-3/h4-7H,2H2,1,3H3,(H3,15,16);2H,1,3H2. The molecule has 1 heterocycles. The van der Waals surface area contributed by atoms with E-state index in [2.05, 4.69) is 29.1 Å². The molecular formula is C16H20N6O. The second-order valence-corrected chi connectivity index (χ2v) is 4.61. The lowest BCUT2D eigenvalue weighted by molar-refractivity contribution is 0.101. The van der Waals surface area contributed by atoms with Crippen molar-refractivity contribution in [2.24, 2.45) is 23.5 Å². The number of nitrogen functional groups attached to an aromatic ring is 1. The predicted octanol–water partition coefficient (Wildman–Crippen LogP) is 1.99. The number of benzene rings is 1. The fraction of sp³-hybridized carbons (Fsp3) is 0.125. The molecule has 0 aliphatic heterocycles. The lowest BCUT2D eigenvalue weighted by Gasteiger charge is -2.02. The highest BCUT2D eigenvalue weighted by Crippen LogP contribution is 2.29. The van der Waals surface area contributed by atoms with Crippen molar-refractivity contribution < 1.29 is 4.79 Å². The molecule has 2 aromatic rings. The maximum atomic E-state index is 11.3. The summed E-state index contributed by atoms with van der Waals surface area (Å²) in [5, 5.41) is 12.0. The van der Waals surface area contributed by atoms with Gasteiger partial charge in [0.1, 0.15) is 11.5 Å². The zero-order chi connectivity index (χ0) is 17.6. The fourth-order valence-corrected chi connectivity index (χ4v) is 2.01. The van der Waals surface area contributed by atoms with E-state index in [1.54, 1.807) is 31.3 Å². The van der Waals surface area contributed by atoms with E-state index >= 15 is 0 Å². The molecule has 0 aliphatic carbocycles. The summed E-state index contributed by atoms with van der Waals surface area (Å²) in [5.41, 5.74) is 12.6. The number of carbonyl (C=O) groups is 1. The average molecular weight is 312 g/mol. The lowest BCUT2D eigenvalue weighted by atomic mass is 10.0. The van der Waals surface area contributed by atoms with Crippen molar-refractivity contribution in [3.05, 3.63) is 48.2 Å². The number of amidine groups is 1. The summed E-state index contributed by atoms with van der Waals surface area (Å²) < 4.78 is 1.53. The van der Waals surface area contributed by atoms with Crippen LogP contribution in [-0.4, -0.2) is 28.1 Å². The zero-order valence-corrected chi connectivity index (χ0v) is 13.2. The number of nitrogens with one attached hydrogen (secondary N) is 1. The van der Waals surface area contributed by atoms with Gasteiger partial charge in [0.25, 0.3) is 0 Å². The summed E-state index contributed by atoms with van der Waals surface area (Å²) >= 11 is 0. The van der Waals surface area contributed by atoms with Crippen molar-refractivity contribution in [2.45, 2.75) is 6.92 Å². The van der Waals surface area contributed by atoms with Crippen molar-refractivity contribution in [3.8, 4) is 11.3 Å². The smallest absolute Gasteiger partial charge is 0.161 e. The van der Waals surface area contributed by atoms with Crippen molar-refractivity contribution in [1.82, 2.24) is 9.78 Å². The average Bonchev–Trinajstić information content (AvgIpc) is 2.85. The maximum absolute atomic E-state index is 11.3. The van der Waals surface area contributed by atoms with E-state index in [0.29, 0.717) is 22.6 Å². The number of aliphatic imine (C=N–C) groups is 1. The van der Waals surface area contributed by atoms with Gasteiger partial charge in [0.05, 0.1) is 5.56 Å². The molecule has 1 aromatic carbocycles. The molecule has 0 bridgehead atoms. The summed E-state index contributed by atoms with van der Waals surface area (Å²) in [6.07, 6.45) is 1.25. The van der Waals surface area contributed by atoms with Crippen LogP contribution in [0.3, 0.4) is 0 Å². The molecule has 0 saturated carbocycles. The maximum Gasteiger partial charge on any atom is 0.161 e. The minimum atomic E-state index is -0.119. The Kier molecular flexibility index (Phi) is 5.96. The number of rotatable bonds is 4. The first-order valence-electron chi connectivity index (χ1n) is 6.69. The number of aryl methyl sites for hydroxylation is 1. The number of carbonyl (C=O) groups excluding carboxylic acids is 1. The molecule has 0 fully saturated rings. The van der Waals surface area contributed by atoms with E-state index in [4.69, 9.17) is 11.1 Å². The summed E-state index contributed by atoms with van der Waals surface area (Å²) in [4.78, 5) is 15.1. The first-order valence-corrected chi connectivity index (χ1v) is 6.69. The van der Waals surface area contributed by atoms with Crippen LogP contribution in [0.1, 0.15) is 22.8 Å². The Hall–Kier alpha value is -3.22. The van der Waals surface area contributed by atoms with Gasteiger partial charge in [0, 0.05) is 18.2 Å². The van der Waals surface area contributed by atoms with Gasteiger partial charge < -0.3 is 11.5 Å². The molecule has 1 aromatic heterocycles. The van der Waals surface area contributed by atoms with Crippen LogP contribution in [-0.2, 0) is 7.05 Å². The Labute approximate surface area is 134 Å². The van der Waals surface area contributed by atoms with E-state index in [1.807, 2.05) is 0 Å². The van der Waals surface area contributed by atoms with Crippen molar-refractivity contribution >= 4 is 24.2 Å². The predicted molar refractivity (Wildman–Crippen MR) is 93.3 cm³/mol. The van der Waals surface area contributed by atoms with E-state index < -0.39 is 0 Å². The highest BCUT2D eigenvalue weighted by molar-refractivity contribution is 6.05. The second kappa shape index (κ2) is 7.69. The first kappa shape index (κ1) is 17.8. The highest BCUT2D eigenvalue weighted by atomic mass is 16.1. The number of hydrogen-bond donors (Lipinski definition) is 3. The molecule has 0 radical (unpaired) electrons. The van der Waals surface area contributed by atoms with Gasteiger partial charge in [-0.05, 0) is 19.8 Å². The molecule has 23 heavy (non-hydrogen) atoms. The summed E-state index contributed by atoms with van der Waals surface area (Å²) in [7, 11) is 1.71. The third kappa shape index (κ3) is 3.91. The zero-order valence-electron chi connectivity index (χ0n) is 13.2. The minimum absolute atomic E-state index is 0.00203. The van der Waals surface area contributed by atoms with Gasteiger partial charge in [-0.15, -0.1) is 0 Å². The van der Waals surface area contributed by atoms with Gasteiger partial charge in [-0.3, -0.25) is 10.2 Å². The van der Waals surface area contributed by atoms with Crippen LogP contribution >= 0.6 is 0 Å². The molecule has 0 spiro atoms. The van der Waals surface area contributed by atoms with Gasteiger partial charge in [-0.2, -0.15) is 5.10 Å². The fourth-order valence-electron chi connectivity index (χ4n) is 2.01. The second-order valence-electron chi connectivity index (χ2n) is 4.61. The summed E-state index contributed by atoms with van der Waals surface area (Å²) in [6.45, 7) is 8.12. The molecule has 0 amide bonds. The van der Waals surface area contributed by atoms with Crippen LogP contribution in [0.2, 0.25) is 0 Å². The minimum Gasteiger partial charge on any atom is -0.405 e. The molecule has 0 saturated heterocycles. The molecule has 0 aliphatic rings. The van der Waals surface area contributed by atoms with Crippen LogP contribution in [0.25, 0.3) is 11.3 Å². The Balaban J connectivity index is 0.000000816. The van der Waals surface area contributed by atoms with Crippen LogP contribution in [0, 0.1) is 5.41 Å². The van der Waals surface area contributed by atoms with Crippen LogP contribution in [0.15, 0.2) is 42.0 Å².